The Balaban J connectivity index is 2.93. The van der Waals surface area contributed by atoms with Crippen LogP contribution in [0.25, 0.3) is 0 Å². The lowest BCUT2D eigenvalue weighted by Crippen LogP contribution is -2.20. The third-order valence-corrected chi connectivity index (χ3v) is 2.79. The van der Waals surface area contributed by atoms with Crippen molar-refractivity contribution in [1.29, 1.82) is 0 Å². The number of ether oxygens (including phenoxy) is 1. The lowest BCUT2D eigenvalue weighted by molar-refractivity contribution is -0.146. The molecular weight excluding hydrogens is 260 g/mol. The van der Waals surface area contributed by atoms with E-state index < -0.39 is 0 Å². The molecule has 0 N–H and O–H groups in total. The van der Waals surface area contributed by atoms with Crippen LogP contribution >= 0.6 is 15.9 Å². The van der Waals surface area contributed by atoms with Crippen molar-refractivity contribution in [3.63, 3.8) is 0 Å². The Labute approximate surface area is 97.9 Å². The number of carbonyl (C=O) groups is 1. The first-order chi connectivity index (χ1) is 7.07. The van der Waals surface area contributed by atoms with E-state index in [0.29, 0.717) is 12.4 Å². The Hall–Kier alpha value is -0.770. The molecule has 0 amide bonds. The first-order valence-corrected chi connectivity index (χ1v) is 5.76. The van der Waals surface area contributed by atoms with Gasteiger partial charge in [0.1, 0.15) is 11.7 Å². The Kier molecular flexibility index (Phi) is 4.39. The number of furan rings is 1. The summed E-state index contributed by atoms with van der Waals surface area (Å²) in [5.74, 6) is 0.215. The number of rotatable bonds is 4. The van der Waals surface area contributed by atoms with E-state index >= 15 is 0 Å². The van der Waals surface area contributed by atoms with Crippen molar-refractivity contribution in [2.24, 2.45) is 5.92 Å². The van der Waals surface area contributed by atoms with E-state index in [1.54, 1.807) is 19.3 Å². The zero-order valence-corrected chi connectivity index (χ0v) is 10.7. The molecule has 1 heterocycles. The third kappa shape index (κ3) is 2.84. The zero-order valence-electron chi connectivity index (χ0n) is 9.12. The molecule has 0 radical (unpaired) electrons. The van der Waals surface area contributed by atoms with Crippen molar-refractivity contribution in [2.75, 3.05) is 6.61 Å². The standard InChI is InChI=1S/C11H15BrO3/c1-4-14-11(13)9(7(2)3)10-8(12)5-6-15-10/h5-7,9H,4H2,1-3H3. The quantitative estimate of drug-likeness (QED) is 0.791. The Morgan fingerprint density at radius 2 is 2.27 bits per heavy atom. The smallest absolute Gasteiger partial charge is 0.316 e. The van der Waals surface area contributed by atoms with Gasteiger partial charge in [0.05, 0.1) is 17.3 Å². The molecular formula is C11H15BrO3. The zero-order chi connectivity index (χ0) is 11.4. The molecule has 0 aliphatic rings. The van der Waals surface area contributed by atoms with Gasteiger partial charge in [-0.05, 0) is 34.8 Å². The van der Waals surface area contributed by atoms with Crippen molar-refractivity contribution in [1.82, 2.24) is 0 Å². The van der Waals surface area contributed by atoms with E-state index in [0.717, 1.165) is 4.47 Å². The van der Waals surface area contributed by atoms with Crippen LogP contribution in [0, 0.1) is 5.92 Å². The van der Waals surface area contributed by atoms with E-state index in [9.17, 15) is 4.79 Å². The number of carbonyl (C=O) groups excluding carboxylic acids is 1. The highest BCUT2D eigenvalue weighted by molar-refractivity contribution is 9.10. The van der Waals surface area contributed by atoms with Gasteiger partial charge in [-0.1, -0.05) is 13.8 Å². The van der Waals surface area contributed by atoms with E-state index in [2.05, 4.69) is 15.9 Å². The van der Waals surface area contributed by atoms with Crippen LogP contribution in [0.15, 0.2) is 21.2 Å². The second-order valence-corrected chi connectivity index (χ2v) is 4.46. The normalized spacial score (nSPS) is 12.9. The van der Waals surface area contributed by atoms with Gasteiger partial charge in [0.25, 0.3) is 0 Å². The molecule has 0 bridgehead atoms. The minimum atomic E-state index is -0.339. The second-order valence-electron chi connectivity index (χ2n) is 3.61. The molecule has 0 fully saturated rings. The van der Waals surface area contributed by atoms with Crippen LogP contribution < -0.4 is 0 Å². The minimum Gasteiger partial charge on any atom is -0.467 e. The summed E-state index contributed by atoms with van der Waals surface area (Å²) in [5.41, 5.74) is 0. The SMILES string of the molecule is CCOC(=O)C(c1occc1Br)C(C)C. The van der Waals surface area contributed by atoms with Crippen molar-refractivity contribution < 1.29 is 13.9 Å². The molecule has 0 spiro atoms. The molecule has 1 rings (SSSR count). The molecule has 1 atom stereocenters. The minimum absolute atomic E-state index is 0.145. The van der Waals surface area contributed by atoms with Crippen molar-refractivity contribution in [2.45, 2.75) is 26.7 Å². The van der Waals surface area contributed by atoms with E-state index in [1.165, 1.54) is 0 Å². The highest BCUT2D eigenvalue weighted by Crippen LogP contribution is 2.32. The van der Waals surface area contributed by atoms with Crippen LogP contribution in [-0.4, -0.2) is 12.6 Å². The summed E-state index contributed by atoms with van der Waals surface area (Å²) in [6.07, 6.45) is 1.56. The van der Waals surface area contributed by atoms with Gasteiger partial charge in [-0.3, -0.25) is 4.79 Å². The van der Waals surface area contributed by atoms with Crippen LogP contribution in [0.4, 0.5) is 0 Å². The Bertz CT molecular complexity index is 330. The number of esters is 1. The number of hydrogen-bond acceptors (Lipinski definition) is 3. The van der Waals surface area contributed by atoms with Crippen LogP contribution in [0.5, 0.6) is 0 Å². The molecule has 1 aromatic heterocycles. The van der Waals surface area contributed by atoms with Gasteiger partial charge in [-0.25, -0.2) is 0 Å². The first-order valence-electron chi connectivity index (χ1n) is 4.97. The fraction of sp³-hybridized carbons (Fsp3) is 0.545. The fourth-order valence-corrected chi connectivity index (χ4v) is 1.89. The van der Waals surface area contributed by atoms with E-state index in [4.69, 9.17) is 9.15 Å². The van der Waals surface area contributed by atoms with Gasteiger partial charge in [0.15, 0.2) is 0 Å². The molecule has 3 nitrogen and oxygen atoms in total. The van der Waals surface area contributed by atoms with Crippen LogP contribution in [0.3, 0.4) is 0 Å². The van der Waals surface area contributed by atoms with E-state index in [-0.39, 0.29) is 17.8 Å². The predicted octanol–water partition coefficient (Wildman–Crippen LogP) is 3.34. The molecule has 0 aliphatic heterocycles. The fourth-order valence-electron chi connectivity index (χ4n) is 1.44. The highest BCUT2D eigenvalue weighted by atomic mass is 79.9. The maximum absolute atomic E-state index is 11.7. The van der Waals surface area contributed by atoms with Gasteiger partial charge in [-0.15, -0.1) is 0 Å². The van der Waals surface area contributed by atoms with Gasteiger partial charge in [0, 0.05) is 0 Å². The molecule has 84 valence electrons. The van der Waals surface area contributed by atoms with Gasteiger partial charge in [0.2, 0.25) is 0 Å². The maximum Gasteiger partial charge on any atom is 0.316 e. The average Bonchev–Trinajstić information content (AvgIpc) is 2.52. The lowest BCUT2D eigenvalue weighted by atomic mass is 9.93. The number of hydrogen-bond donors (Lipinski definition) is 0. The molecule has 0 aromatic carbocycles. The molecule has 1 unspecified atom stereocenters. The summed E-state index contributed by atoms with van der Waals surface area (Å²) in [7, 11) is 0. The van der Waals surface area contributed by atoms with Crippen molar-refractivity contribution >= 4 is 21.9 Å². The highest BCUT2D eigenvalue weighted by Gasteiger charge is 2.30. The van der Waals surface area contributed by atoms with Crippen molar-refractivity contribution in [3.05, 3.63) is 22.6 Å². The first kappa shape index (κ1) is 12.3. The van der Waals surface area contributed by atoms with Crippen LogP contribution in [0.1, 0.15) is 32.4 Å². The summed E-state index contributed by atoms with van der Waals surface area (Å²) in [4.78, 5) is 11.7. The predicted molar refractivity (Wildman–Crippen MR) is 60.6 cm³/mol. The molecule has 1 aromatic rings. The van der Waals surface area contributed by atoms with E-state index in [1.807, 2.05) is 13.8 Å². The monoisotopic (exact) mass is 274 g/mol. The van der Waals surface area contributed by atoms with Gasteiger partial charge in [-0.2, -0.15) is 0 Å². The summed E-state index contributed by atoms with van der Waals surface area (Å²) in [6.45, 7) is 6.12. The second kappa shape index (κ2) is 5.35. The average molecular weight is 275 g/mol. The van der Waals surface area contributed by atoms with Gasteiger partial charge >= 0.3 is 5.97 Å². The van der Waals surface area contributed by atoms with Crippen LogP contribution in [-0.2, 0) is 9.53 Å². The molecule has 15 heavy (non-hydrogen) atoms. The topological polar surface area (TPSA) is 39.4 Å². The Morgan fingerprint density at radius 1 is 1.60 bits per heavy atom. The molecule has 0 saturated heterocycles. The third-order valence-electron chi connectivity index (χ3n) is 2.13. The molecule has 4 heteroatoms. The molecule has 0 saturated carbocycles. The number of halogens is 1. The molecule has 0 aliphatic carbocycles. The summed E-state index contributed by atoms with van der Waals surface area (Å²) in [5, 5.41) is 0. The summed E-state index contributed by atoms with van der Waals surface area (Å²) in [6, 6.07) is 1.78. The largest absolute Gasteiger partial charge is 0.467 e. The summed E-state index contributed by atoms with van der Waals surface area (Å²) < 4.78 is 11.1. The van der Waals surface area contributed by atoms with Crippen molar-refractivity contribution in [3.8, 4) is 0 Å². The Morgan fingerprint density at radius 3 is 2.67 bits per heavy atom. The summed E-state index contributed by atoms with van der Waals surface area (Å²) >= 11 is 3.35. The lowest BCUT2D eigenvalue weighted by Gasteiger charge is -2.17. The van der Waals surface area contributed by atoms with Crippen LogP contribution in [0.2, 0.25) is 0 Å². The maximum atomic E-state index is 11.7. The van der Waals surface area contributed by atoms with Gasteiger partial charge < -0.3 is 9.15 Å².